The summed E-state index contributed by atoms with van der Waals surface area (Å²) in [5.74, 6) is -0.633. The summed E-state index contributed by atoms with van der Waals surface area (Å²) in [6, 6.07) is -0.684. The number of urea groups is 1. The second-order valence-electron chi connectivity index (χ2n) is 5.14. The lowest BCUT2D eigenvalue weighted by Gasteiger charge is -2.41. The predicted molar refractivity (Wildman–Crippen MR) is 69.7 cm³/mol. The lowest BCUT2D eigenvalue weighted by molar-refractivity contribution is -0.153. The van der Waals surface area contributed by atoms with Crippen LogP contribution in [0.15, 0.2) is 0 Å². The van der Waals surface area contributed by atoms with Crippen molar-refractivity contribution in [3.05, 3.63) is 0 Å². The van der Waals surface area contributed by atoms with Crippen molar-refractivity contribution in [2.75, 3.05) is 18.6 Å². The smallest absolute Gasteiger partial charge is 0.277 e. The number of nitrogens with one attached hydrogen (secondary N) is 1. The molecule has 1 aliphatic heterocycles. The second kappa shape index (κ2) is 5.40. The van der Waals surface area contributed by atoms with Gasteiger partial charge in [0.05, 0.1) is 0 Å². The molecule has 1 atom stereocenters. The molecular weight excluding hydrogens is 268 g/mol. The van der Waals surface area contributed by atoms with Gasteiger partial charge in [0.1, 0.15) is 5.41 Å². The molecule has 1 saturated heterocycles. The van der Waals surface area contributed by atoms with Crippen molar-refractivity contribution in [2.24, 2.45) is 5.41 Å². The molecule has 6 nitrogen and oxygen atoms in total. The fraction of sp³-hybridized carbons (Fsp3) is 0.750. The fourth-order valence-corrected chi connectivity index (χ4v) is 3.19. The van der Waals surface area contributed by atoms with Crippen molar-refractivity contribution in [1.82, 2.24) is 10.2 Å². The number of imide groups is 2. The maximum absolute atomic E-state index is 12.5. The van der Waals surface area contributed by atoms with E-state index in [1.165, 1.54) is 6.26 Å². The molecule has 0 aromatic carbocycles. The van der Waals surface area contributed by atoms with Crippen LogP contribution in [0.1, 0.15) is 32.1 Å². The molecule has 2 rings (SSSR count). The Hall–Kier alpha value is -1.24. The Kier molecular flexibility index (Phi) is 4.03. The highest BCUT2D eigenvalue weighted by atomic mass is 32.2. The van der Waals surface area contributed by atoms with Gasteiger partial charge in [0.2, 0.25) is 11.8 Å². The molecule has 0 radical (unpaired) electrons. The lowest BCUT2D eigenvalue weighted by atomic mass is 9.71. The fourth-order valence-electron chi connectivity index (χ4n) is 2.75. The Balaban J connectivity index is 2.20. The van der Waals surface area contributed by atoms with Crippen LogP contribution in [0.25, 0.3) is 0 Å². The minimum absolute atomic E-state index is 0.100. The van der Waals surface area contributed by atoms with Crippen molar-refractivity contribution in [1.29, 1.82) is 0 Å². The standard InChI is InChI=1S/C12H18N2O4S/c1-19(18)8-7-14-10(16)12(5-3-2-4-6-12)9(15)13-11(14)17/h2-8H2,1H3,(H,13,15,17). The van der Waals surface area contributed by atoms with Crippen LogP contribution in [0.2, 0.25) is 0 Å². The van der Waals surface area contributed by atoms with Crippen molar-refractivity contribution >= 4 is 28.6 Å². The molecule has 0 bridgehead atoms. The van der Waals surface area contributed by atoms with E-state index in [0.717, 1.165) is 24.2 Å². The average Bonchev–Trinajstić information content (AvgIpc) is 2.37. The zero-order valence-electron chi connectivity index (χ0n) is 10.9. The largest absolute Gasteiger partial charge is 0.330 e. The summed E-state index contributed by atoms with van der Waals surface area (Å²) in [5.41, 5.74) is -1.07. The molecule has 106 valence electrons. The zero-order chi connectivity index (χ0) is 14.0. The van der Waals surface area contributed by atoms with Gasteiger partial charge in [-0.2, -0.15) is 0 Å². The van der Waals surface area contributed by atoms with Crippen molar-refractivity contribution < 1.29 is 18.6 Å². The third-order valence-electron chi connectivity index (χ3n) is 3.86. The van der Waals surface area contributed by atoms with E-state index in [-0.39, 0.29) is 12.3 Å². The van der Waals surface area contributed by atoms with Crippen LogP contribution in [0, 0.1) is 5.41 Å². The predicted octanol–water partition coefficient (Wildman–Crippen LogP) is 0.394. The molecule has 0 aromatic rings. The topological polar surface area (TPSA) is 83.6 Å². The number of carbonyl (C=O) groups is 3. The number of rotatable bonds is 3. The Morgan fingerprint density at radius 1 is 1.21 bits per heavy atom. The van der Waals surface area contributed by atoms with E-state index in [1.807, 2.05) is 0 Å². The number of hydrogen-bond donors (Lipinski definition) is 1. The molecule has 1 saturated carbocycles. The van der Waals surface area contributed by atoms with Gasteiger partial charge < -0.3 is 0 Å². The number of amides is 4. The van der Waals surface area contributed by atoms with Crippen LogP contribution in [-0.4, -0.2) is 45.5 Å². The van der Waals surface area contributed by atoms with E-state index in [1.54, 1.807) is 0 Å². The van der Waals surface area contributed by atoms with Crippen LogP contribution in [0.4, 0.5) is 4.79 Å². The highest BCUT2D eigenvalue weighted by Gasteiger charge is 2.53. The van der Waals surface area contributed by atoms with Gasteiger partial charge in [-0.05, 0) is 12.8 Å². The van der Waals surface area contributed by atoms with Gasteiger partial charge in [0.15, 0.2) is 0 Å². The van der Waals surface area contributed by atoms with Gasteiger partial charge in [-0.3, -0.25) is 24.0 Å². The third-order valence-corrected chi connectivity index (χ3v) is 4.62. The first-order valence-electron chi connectivity index (χ1n) is 6.45. The first kappa shape index (κ1) is 14.2. The number of nitrogens with zero attached hydrogens (tertiary/aromatic N) is 1. The van der Waals surface area contributed by atoms with Crippen molar-refractivity contribution in [2.45, 2.75) is 32.1 Å². The summed E-state index contributed by atoms with van der Waals surface area (Å²) in [7, 11) is -1.08. The number of carbonyl (C=O) groups excluding carboxylic acids is 3. The second-order valence-corrected chi connectivity index (χ2v) is 6.69. The summed E-state index contributed by atoms with van der Waals surface area (Å²) >= 11 is 0. The van der Waals surface area contributed by atoms with Crippen LogP contribution in [0.3, 0.4) is 0 Å². The number of hydrogen-bond acceptors (Lipinski definition) is 4. The molecule has 0 aromatic heterocycles. The molecule has 2 fully saturated rings. The quantitative estimate of drug-likeness (QED) is 0.761. The Bertz CT molecular complexity index is 443. The molecule has 1 heterocycles. The first-order valence-corrected chi connectivity index (χ1v) is 8.17. The molecule has 19 heavy (non-hydrogen) atoms. The van der Waals surface area contributed by atoms with Crippen LogP contribution >= 0.6 is 0 Å². The van der Waals surface area contributed by atoms with Gasteiger partial charge in [-0.25, -0.2) is 4.79 Å². The van der Waals surface area contributed by atoms with Gasteiger partial charge in [0, 0.05) is 29.4 Å². The number of barbiturate groups is 1. The summed E-state index contributed by atoms with van der Waals surface area (Å²) in [4.78, 5) is 37.3. The molecule has 4 amide bonds. The Morgan fingerprint density at radius 2 is 1.84 bits per heavy atom. The first-order chi connectivity index (χ1) is 8.97. The van der Waals surface area contributed by atoms with Crippen molar-refractivity contribution in [3.8, 4) is 0 Å². The Labute approximate surface area is 114 Å². The molecule has 7 heteroatoms. The molecular formula is C12H18N2O4S. The minimum Gasteiger partial charge on any atom is -0.277 e. The van der Waals surface area contributed by atoms with E-state index >= 15 is 0 Å². The highest BCUT2D eigenvalue weighted by molar-refractivity contribution is 7.84. The summed E-state index contributed by atoms with van der Waals surface area (Å²) in [6.45, 7) is 0.100. The van der Waals surface area contributed by atoms with Gasteiger partial charge in [-0.15, -0.1) is 0 Å². The summed E-state index contributed by atoms with van der Waals surface area (Å²) in [5, 5.41) is 2.27. The minimum atomic E-state index is -1.08. The molecule has 1 unspecified atom stereocenters. The van der Waals surface area contributed by atoms with Gasteiger partial charge >= 0.3 is 6.03 Å². The van der Waals surface area contributed by atoms with Crippen LogP contribution in [-0.2, 0) is 20.4 Å². The maximum Gasteiger partial charge on any atom is 0.330 e. The highest BCUT2D eigenvalue weighted by Crippen LogP contribution is 2.40. The lowest BCUT2D eigenvalue weighted by Crippen LogP contribution is -2.64. The summed E-state index contributed by atoms with van der Waals surface area (Å²) < 4.78 is 11.1. The molecule has 1 N–H and O–H groups in total. The van der Waals surface area contributed by atoms with Gasteiger partial charge in [-0.1, -0.05) is 19.3 Å². The average molecular weight is 286 g/mol. The Morgan fingerprint density at radius 3 is 2.42 bits per heavy atom. The van der Waals surface area contributed by atoms with E-state index in [0.29, 0.717) is 12.8 Å². The monoisotopic (exact) mass is 286 g/mol. The normalized spacial score (nSPS) is 24.5. The molecule has 2 aliphatic rings. The maximum atomic E-state index is 12.5. The molecule has 1 spiro atoms. The molecule has 1 aliphatic carbocycles. The SMILES string of the molecule is CS(=O)CCN1C(=O)NC(=O)C2(CCCCC2)C1=O. The van der Waals surface area contributed by atoms with E-state index < -0.39 is 34.1 Å². The van der Waals surface area contributed by atoms with E-state index in [4.69, 9.17) is 0 Å². The van der Waals surface area contributed by atoms with E-state index in [9.17, 15) is 18.6 Å². The van der Waals surface area contributed by atoms with Crippen LogP contribution < -0.4 is 5.32 Å². The zero-order valence-corrected chi connectivity index (χ0v) is 11.8. The van der Waals surface area contributed by atoms with Crippen LogP contribution in [0.5, 0.6) is 0 Å². The van der Waals surface area contributed by atoms with Crippen molar-refractivity contribution in [3.63, 3.8) is 0 Å². The van der Waals surface area contributed by atoms with Gasteiger partial charge in [0.25, 0.3) is 0 Å². The third kappa shape index (κ3) is 2.56. The summed E-state index contributed by atoms with van der Waals surface area (Å²) in [6.07, 6.45) is 5.16. The van der Waals surface area contributed by atoms with E-state index in [2.05, 4.69) is 5.32 Å².